The van der Waals surface area contributed by atoms with Gasteiger partial charge in [0.2, 0.25) is 0 Å². The highest BCUT2D eigenvalue weighted by Crippen LogP contribution is 2.20. The highest BCUT2D eigenvalue weighted by Gasteiger charge is 2.22. The maximum Gasteiger partial charge on any atom is 0.265 e. The summed E-state index contributed by atoms with van der Waals surface area (Å²) in [5, 5.41) is 2.87. The molecule has 0 aromatic heterocycles. The number of amides is 2. The molecule has 30 heavy (non-hydrogen) atoms. The Balaban J connectivity index is 1.72. The number of benzene rings is 3. The van der Waals surface area contributed by atoms with E-state index in [1.165, 1.54) is 0 Å². The van der Waals surface area contributed by atoms with Gasteiger partial charge in [-0.25, -0.2) is 0 Å². The van der Waals surface area contributed by atoms with Crippen LogP contribution in [0.4, 0.5) is 5.69 Å². The molecule has 0 heterocycles. The predicted octanol–water partition coefficient (Wildman–Crippen LogP) is 4.75. The largest absolute Gasteiger partial charge is 0.481 e. The third-order valence-electron chi connectivity index (χ3n) is 4.71. The molecule has 0 saturated heterocycles. The molecule has 0 spiro atoms. The van der Waals surface area contributed by atoms with Crippen LogP contribution in [-0.4, -0.2) is 29.9 Å². The summed E-state index contributed by atoms with van der Waals surface area (Å²) in [6.07, 6.45) is -0.150. The fourth-order valence-electron chi connectivity index (χ4n) is 3.11. The second-order valence-corrected chi connectivity index (χ2v) is 7.01. The molecule has 0 aliphatic carbocycles. The van der Waals surface area contributed by atoms with Crippen molar-refractivity contribution in [2.24, 2.45) is 0 Å². The van der Waals surface area contributed by atoms with Gasteiger partial charge in [-0.05, 0) is 36.2 Å². The van der Waals surface area contributed by atoms with Gasteiger partial charge in [0.25, 0.3) is 11.8 Å². The Bertz CT molecular complexity index is 974. The number of hydrogen-bond donors (Lipinski definition) is 1. The van der Waals surface area contributed by atoms with Crippen molar-refractivity contribution >= 4 is 17.5 Å². The standard InChI is InChI=1S/C25H26N2O3/c1-3-23(30-20-14-8-5-9-15-20)24(28)26-22-17-11-10-16-21(22)25(29)27(2)18-19-12-6-4-7-13-19/h4-17,23H,3,18H2,1-2H3,(H,26,28). The van der Waals surface area contributed by atoms with Crippen LogP contribution in [0.3, 0.4) is 0 Å². The lowest BCUT2D eigenvalue weighted by atomic mass is 10.1. The van der Waals surface area contributed by atoms with Crippen molar-refractivity contribution in [2.45, 2.75) is 26.0 Å². The predicted molar refractivity (Wildman–Crippen MR) is 118 cm³/mol. The van der Waals surface area contributed by atoms with E-state index in [0.717, 1.165) is 5.56 Å². The lowest BCUT2D eigenvalue weighted by Crippen LogP contribution is -2.33. The monoisotopic (exact) mass is 402 g/mol. The van der Waals surface area contributed by atoms with Crippen LogP contribution in [0.1, 0.15) is 29.3 Å². The lowest BCUT2D eigenvalue weighted by molar-refractivity contribution is -0.122. The molecular weight excluding hydrogens is 376 g/mol. The number of rotatable bonds is 8. The Morgan fingerprint density at radius 2 is 1.50 bits per heavy atom. The van der Waals surface area contributed by atoms with Crippen molar-refractivity contribution in [3.05, 3.63) is 96.1 Å². The summed E-state index contributed by atoms with van der Waals surface area (Å²) in [7, 11) is 1.75. The van der Waals surface area contributed by atoms with E-state index in [1.54, 1.807) is 36.2 Å². The van der Waals surface area contributed by atoms with Crippen LogP contribution in [0.2, 0.25) is 0 Å². The number of nitrogens with zero attached hydrogens (tertiary/aromatic N) is 1. The summed E-state index contributed by atoms with van der Waals surface area (Å²) in [5.41, 5.74) is 1.96. The van der Waals surface area contributed by atoms with Crippen molar-refractivity contribution in [2.75, 3.05) is 12.4 Å². The molecule has 5 heteroatoms. The topological polar surface area (TPSA) is 58.6 Å². The molecule has 0 bridgehead atoms. The molecule has 0 fully saturated rings. The second-order valence-electron chi connectivity index (χ2n) is 7.01. The first-order chi connectivity index (χ1) is 14.6. The summed E-state index contributed by atoms with van der Waals surface area (Å²) >= 11 is 0. The highest BCUT2D eigenvalue weighted by molar-refractivity contribution is 6.04. The van der Waals surface area contributed by atoms with E-state index in [0.29, 0.717) is 30.0 Å². The van der Waals surface area contributed by atoms with Crippen molar-refractivity contribution in [3.63, 3.8) is 0 Å². The van der Waals surface area contributed by atoms with Crippen LogP contribution in [0, 0.1) is 0 Å². The van der Waals surface area contributed by atoms with Crippen molar-refractivity contribution < 1.29 is 14.3 Å². The smallest absolute Gasteiger partial charge is 0.265 e. The number of para-hydroxylation sites is 2. The van der Waals surface area contributed by atoms with Crippen LogP contribution < -0.4 is 10.1 Å². The van der Waals surface area contributed by atoms with Gasteiger partial charge in [-0.2, -0.15) is 0 Å². The van der Waals surface area contributed by atoms with E-state index in [4.69, 9.17) is 4.74 Å². The average molecular weight is 402 g/mol. The maximum atomic E-state index is 13.0. The highest BCUT2D eigenvalue weighted by atomic mass is 16.5. The zero-order valence-electron chi connectivity index (χ0n) is 17.2. The van der Waals surface area contributed by atoms with Gasteiger partial charge in [-0.3, -0.25) is 9.59 Å². The minimum atomic E-state index is -0.655. The third kappa shape index (κ3) is 5.47. The molecular formula is C25H26N2O3. The molecule has 3 aromatic rings. The SMILES string of the molecule is CCC(Oc1ccccc1)C(=O)Nc1ccccc1C(=O)N(C)Cc1ccccc1. The Kier molecular flexibility index (Phi) is 7.22. The van der Waals surface area contributed by atoms with Gasteiger partial charge >= 0.3 is 0 Å². The molecule has 0 radical (unpaired) electrons. The van der Waals surface area contributed by atoms with Gasteiger partial charge in [-0.15, -0.1) is 0 Å². The van der Waals surface area contributed by atoms with Crippen LogP contribution in [-0.2, 0) is 11.3 Å². The van der Waals surface area contributed by atoms with Crippen LogP contribution in [0.15, 0.2) is 84.9 Å². The second kappa shape index (κ2) is 10.3. The zero-order chi connectivity index (χ0) is 21.3. The van der Waals surface area contributed by atoms with Gasteiger partial charge in [-0.1, -0.05) is 67.6 Å². The van der Waals surface area contributed by atoms with Crippen LogP contribution >= 0.6 is 0 Å². The first kappa shape index (κ1) is 21.1. The van der Waals surface area contributed by atoms with E-state index in [1.807, 2.05) is 67.6 Å². The summed E-state index contributed by atoms with van der Waals surface area (Å²) in [6.45, 7) is 2.37. The average Bonchev–Trinajstić information content (AvgIpc) is 2.78. The number of anilines is 1. The molecule has 0 aliphatic heterocycles. The maximum absolute atomic E-state index is 13.0. The molecule has 2 amide bonds. The Labute approximate surface area is 177 Å². The van der Waals surface area contributed by atoms with E-state index in [9.17, 15) is 9.59 Å². The van der Waals surface area contributed by atoms with E-state index in [-0.39, 0.29) is 11.8 Å². The van der Waals surface area contributed by atoms with Gasteiger partial charge in [0, 0.05) is 13.6 Å². The summed E-state index contributed by atoms with van der Waals surface area (Å²) < 4.78 is 5.82. The number of nitrogens with one attached hydrogen (secondary N) is 1. The summed E-state index contributed by atoms with van der Waals surface area (Å²) in [5.74, 6) is 0.186. The Morgan fingerprint density at radius 1 is 0.900 bits per heavy atom. The van der Waals surface area contributed by atoms with E-state index < -0.39 is 6.10 Å². The molecule has 3 aromatic carbocycles. The van der Waals surface area contributed by atoms with Crippen molar-refractivity contribution in [3.8, 4) is 5.75 Å². The molecule has 1 atom stereocenters. The zero-order valence-corrected chi connectivity index (χ0v) is 17.2. The van der Waals surface area contributed by atoms with Crippen molar-refractivity contribution in [1.29, 1.82) is 0 Å². The minimum Gasteiger partial charge on any atom is -0.481 e. The van der Waals surface area contributed by atoms with Gasteiger partial charge < -0.3 is 15.0 Å². The first-order valence-corrected chi connectivity index (χ1v) is 9.99. The molecule has 154 valence electrons. The van der Waals surface area contributed by atoms with Gasteiger partial charge in [0.05, 0.1) is 11.3 Å². The quantitative estimate of drug-likeness (QED) is 0.591. The van der Waals surface area contributed by atoms with Gasteiger partial charge in [0.15, 0.2) is 6.10 Å². The molecule has 0 aliphatic rings. The summed E-state index contributed by atoms with van der Waals surface area (Å²) in [4.78, 5) is 27.5. The fraction of sp³-hybridized carbons (Fsp3) is 0.200. The number of carbonyl (C=O) groups excluding carboxylic acids is 2. The number of ether oxygens (including phenoxy) is 1. The lowest BCUT2D eigenvalue weighted by Gasteiger charge is -2.21. The first-order valence-electron chi connectivity index (χ1n) is 9.99. The normalized spacial score (nSPS) is 11.4. The van der Waals surface area contributed by atoms with Crippen molar-refractivity contribution in [1.82, 2.24) is 4.90 Å². The van der Waals surface area contributed by atoms with E-state index in [2.05, 4.69) is 5.32 Å². The molecule has 1 unspecified atom stereocenters. The summed E-state index contributed by atoms with van der Waals surface area (Å²) in [6, 6.07) is 26.0. The molecule has 0 saturated carbocycles. The van der Waals surface area contributed by atoms with Crippen LogP contribution in [0.25, 0.3) is 0 Å². The molecule has 1 N–H and O–H groups in total. The number of carbonyl (C=O) groups is 2. The Morgan fingerprint density at radius 3 is 2.17 bits per heavy atom. The van der Waals surface area contributed by atoms with Gasteiger partial charge in [0.1, 0.15) is 5.75 Å². The van der Waals surface area contributed by atoms with Crippen LogP contribution in [0.5, 0.6) is 5.75 Å². The fourth-order valence-corrected chi connectivity index (χ4v) is 3.11. The minimum absolute atomic E-state index is 0.160. The van der Waals surface area contributed by atoms with E-state index >= 15 is 0 Å². The molecule has 3 rings (SSSR count). The Hall–Kier alpha value is -3.60. The number of hydrogen-bond acceptors (Lipinski definition) is 3. The molecule has 5 nitrogen and oxygen atoms in total. The third-order valence-corrected chi connectivity index (χ3v) is 4.71.